The number of ether oxygens (including phenoxy) is 1. The molecule has 0 aliphatic rings. The van der Waals surface area contributed by atoms with Gasteiger partial charge in [0.2, 0.25) is 5.75 Å². The minimum absolute atomic E-state index is 0. The summed E-state index contributed by atoms with van der Waals surface area (Å²) in [6.07, 6.45) is 1.47. The van der Waals surface area contributed by atoms with E-state index in [0.29, 0.717) is 5.75 Å². The van der Waals surface area contributed by atoms with Gasteiger partial charge in [0.15, 0.2) is 6.20 Å². The fourth-order valence-corrected chi connectivity index (χ4v) is 1.16. The third kappa shape index (κ3) is 3.79. The lowest BCUT2D eigenvalue weighted by atomic mass is 10.4. The molecule has 15 heavy (non-hydrogen) atoms. The highest BCUT2D eigenvalue weighted by molar-refractivity contribution is 9.10. The van der Waals surface area contributed by atoms with Crippen LogP contribution < -0.4 is 26.3 Å². The van der Waals surface area contributed by atoms with E-state index in [1.54, 1.807) is 20.2 Å². The van der Waals surface area contributed by atoms with Crippen molar-refractivity contribution in [3.8, 4) is 5.75 Å². The number of carbonyl (C=O) groups excluding carboxylic acids is 1. The fraction of sp³-hybridized carbons (Fsp3) is 0.333. The van der Waals surface area contributed by atoms with Gasteiger partial charge in [-0.2, -0.15) is 4.57 Å². The molecule has 1 heterocycles. The first-order valence-corrected chi connectivity index (χ1v) is 4.85. The van der Waals surface area contributed by atoms with E-state index in [-0.39, 0.29) is 17.0 Å². The average molecular weight is 340 g/mol. The Hall–Kier alpha value is -0.620. The number of amides is 1. The Bertz CT molecular complexity index is 356. The van der Waals surface area contributed by atoms with E-state index in [2.05, 4.69) is 15.9 Å². The smallest absolute Gasteiger partial charge is 0.414 e. The molecule has 0 radical (unpaired) electrons. The molecule has 1 aromatic heterocycles. The summed E-state index contributed by atoms with van der Waals surface area (Å²) in [5, 5.41) is 0. The summed E-state index contributed by atoms with van der Waals surface area (Å²) in [6.45, 7) is 0. The van der Waals surface area contributed by atoms with E-state index in [9.17, 15) is 4.79 Å². The number of hydrogen-bond acceptors (Lipinski definition) is 2. The zero-order valence-corrected chi connectivity index (χ0v) is 11.9. The summed E-state index contributed by atoms with van der Waals surface area (Å²) in [4.78, 5) is 12.6. The van der Waals surface area contributed by atoms with Crippen molar-refractivity contribution in [1.82, 2.24) is 4.90 Å². The summed E-state index contributed by atoms with van der Waals surface area (Å²) in [5.41, 5.74) is 0. The maximum atomic E-state index is 11.2. The zero-order chi connectivity index (χ0) is 10.7. The maximum absolute atomic E-state index is 11.2. The Morgan fingerprint density at radius 2 is 2.13 bits per heavy atom. The van der Waals surface area contributed by atoms with Crippen LogP contribution in [0, 0.1) is 0 Å². The van der Waals surface area contributed by atoms with Crippen LogP contribution in [0.5, 0.6) is 5.75 Å². The average Bonchev–Trinajstić information content (AvgIpc) is 2.12. The number of aryl methyl sites for hydroxylation is 1. The van der Waals surface area contributed by atoms with Gasteiger partial charge in [0.1, 0.15) is 7.05 Å². The molecule has 0 unspecified atom stereocenters. The summed E-state index contributed by atoms with van der Waals surface area (Å²) in [7, 11) is 5.13. The van der Waals surface area contributed by atoms with Crippen molar-refractivity contribution in [2.75, 3.05) is 14.1 Å². The molecule has 84 valence electrons. The molecule has 1 amide bonds. The van der Waals surface area contributed by atoms with Crippen molar-refractivity contribution < 1.29 is 31.1 Å². The Labute approximate surface area is 108 Å². The van der Waals surface area contributed by atoms with Gasteiger partial charge in [-0.1, -0.05) is 0 Å². The van der Waals surface area contributed by atoms with Crippen molar-refractivity contribution >= 4 is 22.0 Å². The normalized spacial score (nSPS) is 9.07. The molecule has 1 rings (SSSR count). The topological polar surface area (TPSA) is 33.4 Å². The van der Waals surface area contributed by atoms with Gasteiger partial charge in [-0.15, -0.1) is 0 Å². The number of rotatable bonds is 1. The first kappa shape index (κ1) is 14.4. The summed E-state index contributed by atoms with van der Waals surface area (Å²) in [5.74, 6) is 0.508. The number of pyridine rings is 1. The van der Waals surface area contributed by atoms with Crippen molar-refractivity contribution in [2.45, 2.75) is 0 Å². The SMILES string of the molecule is CN(C)C(=O)Oc1ccc[n+](C)c1Br.[Br-]. The quantitative estimate of drug-likeness (QED) is 0.453. The molecule has 1 aromatic rings. The molecular formula is C9H12Br2N2O2. The molecule has 0 saturated heterocycles. The molecule has 0 aliphatic heterocycles. The second-order valence-electron chi connectivity index (χ2n) is 3.04. The summed E-state index contributed by atoms with van der Waals surface area (Å²) in [6, 6.07) is 3.54. The summed E-state index contributed by atoms with van der Waals surface area (Å²) >= 11 is 3.33. The second kappa shape index (κ2) is 6.07. The summed E-state index contributed by atoms with van der Waals surface area (Å²) < 4.78 is 7.66. The second-order valence-corrected chi connectivity index (χ2v) is 3.79. The van der Waals surface area contributed by atoms with E-state index in [1.165, 1.54) is 4.90 Å². The van der Waals surface area contributed by atoms with Crippen molar-refractivity contribution in [3.05, 3.63) is 22.9 Å². The highest BCUT2D eigenvalue weighted by Gasteiger charge is 2.15. The largest absolute Gasteiger partial charge is 1.00 e. The predicted octanol–water partition coefficient (Wildman–Crippen LogP) is -1.66. The number of halogens is 2. The Morgan fingerprint density at radius 1 is 1.53 bits per heavy atom. The zero-order valence-electron chi connectivity index (χ0n) is 8.70. The highest BCUT2D eigenvalue weighted by Crippen LogP contribution is 2.19. The van der Waals surface area contributed by atoms with Gasteiger partial charge in [0.25, 0.3) is 4.60 Å². The highest BCUT2D eigenvalue weighted by atomic mass is 79.9. The molecule has 0 aliphatic carbocycles. The molecule has 4 nitrogen and oxygen atoms in total. The van der Waals surface area contributed by atoms with Gasteiger partial charge in [0.05, 0.1) is 0 Å². The van der Waals surface area contributed by atoms with Crippen LogP contribution in [0.2, 0.25) is 0 Å². The Balaban J connectivity index is 0.00000196. The molecule has 0 aromatic carbocycles. The molecule has 0 spiro atoms. The standard InChI is InChI=1S/C9H12BrN2O2.BrH/c1-11(2)9(13)14-7-5-4-6-12(3)8(7)10;/h4-6H,1-3H3;1H/q+1;/p-1. The molecule has 0 N–H and O–H groups in total. The lowest BCUT2D eigenvalue weighted by molar-refractivity contribution is -0.682. The molecule has 0 fully saturated rings. The van der Waals surface area contributed by atoms with Crippen LogP contribution in [0.4, 0.5) is 4.79 Å². The van der Waals surface area contributed by atoms with Gasteiger partial charge in [-0.05, 0) is 6.07 Å². The number of hydrogen-bond donors (Lipinski definition) is 0. The number of carbonyl (C=O) groups is 1. The third-order valence-electron chi connectivity index (χ3n) is 1.63. The van der Waals surface area contributed by atoms with Gasteiger partial charge in [0, 0.05) is 36.1 Å². The van der Waals surface area contributed by atoms with Crippen LogP contribution in [-0.4, -0.2) is 25.1 Å². The van der Waals surface area contributed by atoms with Crippen LogP contribution >= 0.6 is 15.9 Å². The lowest BCUT2D eigenvalue weighted by Crippen LogP contribution is -3.00. The van der Waals surface area contributed by atoms with E-state index in [1.807, 2.05) is 23.9 Å². The number of nitrogens with zero attached hydrogens (tertiary/aromatic N) is 2. The lowest BCUT2D eigenvalue weighted by Gasteiger charge is -2.10. The van der Waals surface area contributed by atoms with E-state index in [4.69, 9.17) is 4.74 Å². The maximum Gasteiger partial charge on any atom is 0.414 e. The van der Waals surface area contributed by atoms with Crippen LogP contribution in [0.25, 0.3) is 0 Å². The molecule has 6 heteroatoms. The molecule has 0 saturated carbocycles. The number of aromatic nitrogens is 1. The van der Waals surface area contributed by atoms with Gasteiger partial charge in [-0.25, -0.2) is 4.79 Å². The van der Waals surface area contributed by atoms with E-state index < -0.39 is 6.09 Å². The first-order valence-electron chi connectivity index (χ1n) is 4.05. The molecule has 0 bridgehead atoms. The van der Waals surface area contributed by atoms with Crippen LogP contribution in [-0.2, 0) is 7.05 Å². The van der Waals surface area contributed by atoms with Crippen molar-refractivity contribution in [3.63, 3.8) is 0 Å². The third-order valence-corrected chi connectivity index (χ3v) is 2.58. The van der Waals surface area contributed by atoms with Gasteiger partial charge in [-0.3, -0.25) is 0 Å². The Kier molecular flexibility index (Phi) is 5.82. The Morgan fingerprint density at radius 3 is 2.67 bits per heavy atom. The predicted molar refractivity (Wildman–Crippen MR) is 55.0 cm³/mol. The van der Waals surface area contributed by atoms with Crippen molar-refractivity contribution in [1.29, 1.82) is 0 Å². The van der Waals surface area contributed by atoms with Crippen LogP contribution in [0.1, 0.15) is 0 Å². The molecular weight excluding hydrogens is 328 g/mol. The monoisotopic (exact) mass is 338 g/mol. The van der Waals surface area contributed by atoms with Gasteiger partial charge < -0.3 is 26.6 Å². The van der Waals surface area contributed by atoms with Crippen LogP contribution in [0.15, 0.2) is 22.9 Å². The van der Waals surface area contributed by atoms with E-state index >= 15 is 0 Å². The van der Waals surface area contributed by atoms with E-state index in [0.717, 1.165) is 4.60 Å². The first-order chi connectivity index (χ1) is 6.52. The fourth-order valence-electron chi connectivity index (χ4n) is 0.829. The molecule has 0 atom stereocenters. The van der Waals surface area contributed by atoms with Crippen LogP contribution in [0.3, 0.4) is 0 Å². The van der Waals surface area contributed by atoms with Gasteiger partial charge >= 0.3 is 6.09 Å². The minimum atomic E-state index is -0.392. The van der Waals surface area contributed by atoms with Crippen molar-refractivity contribution in [2.24, 2.45) is 7.05 Å². The minimum Gasteiger partial charge on any atom is -1.00 e.